The van der Waals surface area contributed by atoms with Gasteiger partial charge >= 0.3 is 0 Å². The lowest BCUT2D eigenvalue weighted by Crippen LogP contribution is -2.57. The first-order chi connectivity index (χ1) is 17.0. The van der Waals surface area contributed by atoms with Crippen LogP contribution in [-0.4, -0.2) is 69.8 Å². The average Bonchev–Trinajstić information content (AvgIpc) is 3.19. The van der Waals surface area contributed by atoms with Crippen LogP contribution in [0.25, 0.3) is 0 Å². The summed E-state index contributed by atoms with van der Waals surface area (Å²) >= 11 is 0. The van der Waals surface area contributed by atoms with Gasteiger partial charge in [0.2, 0.25) is 11.8 Å². The molecule has 1 aromatic rings. The molecule has 1 aromatic carbocycles. The van der Waals surface area contributed by atoms with E-state index in [-0.39, 0.29) is 47.8 Å². The summed E-state index contributed by atoms with van der Waals surface area (Å²) in [6, 6.07) is 7.82. The first kappa shape index (κ1) is 22.9. The first-order valence-electron chi connectivity index (χ1n) is 13.3. The molecule has 7 atom stereocenters. The number of fused-ring (bicyclic) bond motifs is 3. The molecule has 5 aliphatic rings. The predicted molar refractivity (Wildman–Crippen MR) is 127 cm³/mol. The Morgan fingerprint density at radius 2 is 1.89 bits per heavy atom. The number of nitriles is 1. The van der Waals surface area contributed by atoms with E-state index in [4.69, 9.17) is 5.73 Å². The van der Waals surface area contributed by atoms with Gasteiger partial charge in [-0.1, -0.05) is 31.4 Å². The van der Waals surface area contributed by atoms with E-state index >= 15 is 0 Å². The van der Waals surface area contributed by atoms with E-state index in [1.807, 2.05) is 12.1 Å². The van der Waals surface area contributed by atoms with E-state index in [0.717, 1.165) is 37.7 Å². The summed E-state index contributed by atoms with van der Waals surface area (Å²) < 4.78 is 13.7. The van der Waals surface area contributed by atoms with Crippen molar-refractivity contribution in [2.75, 3.05) is 13.1 Å². The molecule has 2 N–H and O–H groups in total. The van der Waals surface area contributed by atoms with Crippen LogP contribution in [0.4, 0.5) is 4.39 Å². The zero-order valence-corrected chi connectivity index (χ0v) is 20.1. The van der Waals surface area contributed by atoms with Gasteiger partial charge in [0.25, 0.3) is 0 Å². The van der Waals surface area contributed by atoms with Gasteiger partial charge in [-0.25, -0.2) is 4.39 Å². The van der Waals surface area contributed by atoms with Gasteiger partial charge in [-0.2, -0.15) is 5.26 Å². The molecule has 6 rings (SSSR count). The molecule has 35 heavy (non-hydrogen) atoms. The lowest BCUT2D eigenvalue weighted by atomic mass is 9.80. The lowest BCUT2D eigenvalue weighted by Gasteiger charge is -2.43. The van der Waals surface area contributed by atoms with Crippen LogP contribution >= 0.6 is 0 Å². The Morgan fingerprint density at radius 1 is 1.14 bits per heavy atom. The summed E-state index contributed by atoms with van der Waals surface area (Å²) in [5.74, 6) is 0.542. The van der Waals surface area contributed by atoms with Crippen molar-refractivity contribution in [2.24, 2.45) is 17.6 Å². The van der Waals surface area contributed by atoms with Gasteiger partial charge in [0.05, 0.1) is 24.2 Å². The van der Waals surface area contributed by atoms with E-state index < -0.39 is 6.04 Å². The molecular weight excluding hydrogens is 445 g/mol. The molecule has 2 bridgehead atoms. The third kappa shape index (κ3) is 3.93. The van der Waals surface area contributed by atoms with E-state index in [1.54, 1.807) is 4.90 Å². The van der Waals surface area contributed by atoms with Crippen molar-refractivity contribution in [1.82, 2.24) is 14.7 Å². The number of hydrogen-bond donors (Lipinski definition) is 1. The monoisotopic (exact) mass is 479 g/mol. The summed E-state index contributed by atoms with van der Waals surface area (Å²) in [5.41, 5.74) is 7.39. The molecular formula is C27H34FN5O2. The molecule has 3 heterocycles. The fraction of sp³-hybridized carbons (Fsp3) is 0.667. The second-order valence-corrected chi connectivity index (χ2v) is 11.3. The second-order valence-electron chi connectivity index (χ2n) is 11.3. The van der Waals surface area contributed by atoms with Crippen LogP contribution in [0, 0.1) is 29.0 Å². The Morgan fingerprint density at radius 3 is 2.57 bits per heavy atom. The highest BCUT2D eigenvalue weighted by Gasteiger charge is 2.56. The van der Waals surface area contributed by atoms with Crippen LogP contribution < -0.4 is 5.73 Å². The molecule has 2 saturated carbocycles. The van der Waals surface area contributed by atoms with E-state index in [2.05, 4.69) is 15.9 Å². The molecule has 7 nitrogen and oxygen atoms in total. The number of halogens is 1. The maximum Gasteiger partial charge on any atom is 0.242 e. The van der Waals surface area contributed by atoms with Crippen molar-refractivity contribution in [3.63, 3.8) is 0 Å². The van der Waals surface area contributed by atoms with Gasteiger partial charge in [-0.05, 0) is 61.6 Å². The Balaban J connectivity index is 1.16. The van der Waals surface area contributed by atoms with Gasteiger partial charge in [-0.15, -0.1) is 0 Å². The Kier molecular flexibility index (Phi) is 5.81. The molecule has 2 amide bonds. The minimum Gasteiger partial charge on any atom is -0.330 e. The number of amides is 2. The first-order valence-corrected chi connectivity index (χ1v) is 13.3. The lowest BCUT2D eigenvalue weighted by molar-refractivity contribution is -0.143. The fourth-order valence-electron chi connectivity index (χ4n) is 7.44. The van der Waals surface area contributed by atoms with Crippen molar-refractivity contribution in [1.29, 1.82) is 5.26 Å². The summed E-state index contributed by atoms with van der Waals surface area (Å²) in [5, 5.41) is 9.44. The number of carbonyl (C=O) groups is 2. The summed E-state index contributed by atoms with van der Waals surface area (Å²) in [7, 11) is 0. The highest BCUT2D eigenvalue weighted by Crippen LogP contribution is 2.48. The van der Waals surface area contributed by atoms with Crippen LogP contribution in [0.15, 0.2) is 24.3 Å². The Bertz CT molecular complexity index is 1040. The SMILES string of the molecule is N#C[C@@H]1C[C@@H]2C[C@@H]2N1C(=O)[C@@H](N)CN1CC2C[C@H]1C(=O)N2[C@H](c1ccc(F)cc1)C1CCCCC1. The van der Waals surface area contributed by atoms with Crippen molar-refractivity contribution in [3.8, 4) is 6.07 Å². The normalized spacial score (nSPS) is 34.1. The number of piperazine rings is 1. The summed E-state index contributed by atoms with van der Waals surface area (Å²) in [6.07, 6.45) is 8.23. The molecule has 186 valence electrons. The highest BCUT2D eigenvalue weighted by atomic mass is 19.1. The molecule has 0 radical (unpaired) electrons. The molecule has 0 aromatic heterocycles. The van der Waals surface area contributed by atoms with Crippen LogP contribution in [0.5, 0.6) is 0 Å². The maximum atomic E-state index is 13.7. The smallest absolute Gasteiger partial charge is 0.242 e. The number of hydrogen-bond acceptors (Lipinski definition) is 5. The zero-order valence-electron chi connectivity index (χ0n) is 20.1. The van der Waals surface area contributed by atoms with E-state index in [1.165, 1.54) is 31.4 Å². The number of rotatable bonds is 6. The summed E-state index contributed by atoms with van der Waals surface area (Å²) in [4.78, 5) is 32.7. The molecule has 0 spiro atoms. The quantitative estimate of drug-likeness (QED) is 0.677. The van der Waals surface area contributed by atoms with Gasteiger partial charge < -0.3 is 15.5 Å². The molecule has 3 saturated heterocycles. The number of likely N-dealkylation sites (tertiary alicyclic amines) is 3. The maximum absolute atomic E-state index is 13.7. The molecule has 3 aliphatic heterocycles. The number of benzene rings is 1. The number of piperidine rings is 1. The minimum atomic E-state index is -0.725. The number of nitrogens with zero attached hydrogens (tertiary/aromatic N) is 4. The van der Waals surface area contributed by atoms with Gasteiger partial charge in [0.15, 0.2) is 0 Å². The molecule has 1 unspecified atom stereocenters. The molecule has 8 heteroatoms. The third-order valence-corrected chi connectivity index (χ3v) is 9.18. The molecule has 2 aliphatic carbocycles. The Labute approximate surface area is 206 Å². The van der Waals surface area contributed by atoms with Crippen LogP contribution in [0.1, 0.15) is 63.0 Å². The van der Waals surface area contributed by atoms with E-state index in [9.17, 15) is 19.2 Å². The Hall–Kier alpha value is -2.50. The topological polar surface area (TPSA) is 93.7 Å². The van der Waals surface area contributed by atoms with Gasteiger partial charge in [0.1, 0.15) is 11.9 Å². The third-order valence-electron chi connectivity index (χ3n) is 9.18. The summed E-state index contributed by atoms with van der Waals surface area (Å²) in [6.45, 7) is 1.05. The molecule has 5 fully saturated rings. The number of carbonyl (C=O) groups excluding carboxylic acids is 2. The van der Waals surface area contributed by atoms with Crippen molar-refractivity contribution < 1.29 is 14.0 Å². The highest BCUT2D eigenvalue weighted by molar-refractivity contribution is 5.87. The fourth-order valence-corrected chi connectivity index (χ4v) is 7.44. The zero-order chi connectivity index (χ0) is 24.3. The standard InChI is InChI=1S/C27H34FN5O2/c28-19-8-6-17(7-9-19)25(16-4-2-1-3-5-16)33-21-12-24(27(33)35)31(14-21)15-22(30)26(34)32-20(13-29)10-18-11-23(18)32/h6-9,16,18,20-25H,1-5,10-12,14-15,30H2/t18-,20+,21?,22+,23+,24+,25+/m1/s1. The minimum absolute atomic E-state index is 0.0244. The van der Waals surface area contributed by atoms with Crippen LogP contribution in [0.2, 0.25) is 0 Å². The number of nitrogens with two attached hydrogens (primary N) is 1. The predicted octanol–water partition coefficient (Wildman–Crippen LogP) is 2.57. The van der Waals surface area contributed by atoms with Crippen molar-refractivity contribution >= 4 is 11.8 Å². The van der Waals surface area contributed by atoms with Crippen molar-refractivity contribution in [3.05, 3.63) is 35.6 Å². The van der Waals surface area contributed by atoms with Crippen LogP contribution in [0.3, 0.4) is 0 Å². The van der Waals surface area contributed by atoms with Gasteiger partial charge in [0, 0.05) is 25.2 Å². The van der Waals surface area contributed by atoms with Crippen LogP contribution in [-0.2, 0) is 9.59 Å². The van der Waals surface area contributed by atoms with Gasteiger partial charge in [-0.3, -0.25) is 14.5 Å². The second kappa shape index (κ2) is 8.86. The van der Waals surface area contributed by atoms with E-state index in [0.29, 0.717) is 24.9 Å². The average molecular weight is 480 g/mol. The van der Waals surface area contributed by atoms with Crippen molar-refractivity contribution in [2.45, 2.75) is 87.6 Å². The largest absolute Gasteiger partial charge is 0.330 e.